The molecule has 3 aromatic carbocycles. The molecule has 0 fully saturated rings. The first kappa shape index (κ1) is 37.2. The first-order valence-electron chi connectivity index (χ1n) is 15.3. The van der Waals surface area contributed by atoms with Gasteiger partial charge in [-0.3, -0.25) is 14.2 Å². The highest BCUT2D eigenvalue weighted by molar-refractivity contribution is 7.99. The number of nitrogens with one attached hydrogen (secondary N) is 2. The molecular formula is C33H35ClF3N5O6S. The van der Waals surface area contributed by atoms with Gasteiger partial charge in [-0.05, 0) is 82.3 Å². The summed E-state index contributed by atoms with van der Waals surface area (Å²) in [5.41, 5.74) is -0.245. The summed E-state index contributed by atoms with van der Waals surface area (Å²) >= 11 is 7.04. The molecule has 262 valence electrons. The van der Waals surface area contributed by atoms with Gasteiger partial charge < -0.3 is 29.6 Å². The molecule has 0 saturated heterocycles. The summed E-state index contributed by atoms with van der Waals surface area (Å²) < 4.78 is 64.0. The van der Waals surface area contributed by atoms with Crippen LogP contribution in [0.2, 0.25) is 5.02 Å². The molecule has 0 aliphatic carbocycles. The molecule has 0 aliphatic rings. The number of amides is 2. The second-order valence-electron chi connectivity index (χ2n) is 9.97. The van der Waals surface area contributed by atoms with E-state index in [-0.39, 0.29) is 33.7 Å². The van der Waals surface area contributed by atoms with Crippen LogP contribution in [0.5, 0.6) is 23.0 Å². The molecule has 4 rings (SSSR count). The maximum Gasteiger partial charge on any atom is 0.416 e. The Morgan fingerprint density at radius 3 is 2.08 bits per heavy atom. The second kappa shape index (κ2) is 17.2. The average Bonchev–Trinajstić information content (AvgIpc) is 3.48. The molecule has 0 bridgehead atoms. The Morgan fingerprint density at radius 1 is 0.857 bits per heavy atom. The van der Waals surface area contributed by atoms with Gasteiger partial charge in [0.15, 0.2) is 22.5 Å². The summed E-state index contributed by atoms with van der Waals surface area (Å²) in [6.45, 7) is 8.78. The highest BCUT2D eigenvalue weighted by Crippen LogP contribution is 2.39. The lowest BCUT2D eigenvalue weighted by Gasteiger charge is -2.17. The number of hydrogen-bond donors (Lipinski definition) is 2. The third kappa shape index (κ3) is 9.72. The van der Waals surface area contributed by atoms with E-state index in [0.717, 1.165) is 30.0 Å². The van der Waals surface area contributed by atoms with Crippen molar-refractivity contribution in [2.45, 2.75) is 45.6 Å². The van der Waals surface area contributed by atoms with Crippen molar-refractivity contribution < 1.29 is 41.7 Å². The van der Waals surface area contributed by atoms with Crippen molar-refractivity contribution in [3.05, 3.63) is 76.6 Å². The molecule has 2 N–H and O–H groups in total. The number of anilines is 1. The Hall–Kier alpha value is -4.63. The van der Waals surface area contributed by atoms with Gasteiger partial charge in [-0.15, -0.1) is 10.2 Å². The van der Waals surface area contributed by atoms with Gasteiger partial charge in [0.2, 0.25) is 11.7 Å². The van der Waals surface area contributed by atoms with Gasteiger partial charge in [0.1, 0.15) is 5.75 Å². The Morgan fingerprint density at radius 2 is 1.49 bits per heavy atom. The van der Waals surface area contributed by atoms with Crippen LogP contribution in [0.1, 0.15) is 49.4 Å². The monoisotopic (exact) mass is 721 g/mol. The zero-order chi connectivity index (χ0) is 35.6. The van der Waals surface area contributed by atoms with Crippen LogP contribution in [0.25, 0.3) is 5.69 Å². The second-order valence-corrected chi connectivity index (χ2v) is 11.3. The number of benzene rings is 3. The number of rotatable bonds is 16. The highest BCUT2D eigenvalue weighted by Gasteiger charge is 2.31. The van der Waals surface area contributed by atoms with Crippen LogP contribution in [-0.2, 0) is 17.5 Å². The van der Waals surface area contributed by atoms with E-state index in [1.807, 2.05) is 27.7 Å². The van der Waals surface area contributed by atoms with Crippen LogP contribution in [0, 0.1) is 0 Å². The normalized spacial score (nSPS) is 11.2. The minimum Gasteiger partial charge on any atom is -0.494 e. The SMILES string of the molecule is CCOc1ccc(-n2c(CNC(=O)c3cc(OCC)c(OCC)c(OCC)c3)nnc2SCC(=O)Nc2cc(C(F)(F)F)ccc2Cl)cc1. The number of hydrogen-bond acceptors (Lipinski definition) is 9. The quantitative estimate of drug-likeness (QED) is 0.116. The van der Waals surface area contributed by atoms with Crippen molar-refractivity contribution in [1.29, 1.82) is 0 Å². The van der Waals surface area contributed by atoms with Gasteiger partial charge in [0.25, 0.3) is 5.91 Å². The van der Waals surface area contributed by atoms with Crippen LogP contribution in [0.15, 0.2) is 59.8 Å². The molecule has 0 aliphatic heterocycles. The van der Waals surface area contributed by atoms with E-state index in [1.54, 1.807) is 41.0 Å². The molecular weight excluding hydrogens is 687 g/mol. The fraction of sp³-hybridized carbons (Fsp3) is 0.333. The van der Waals surface area contributed by atoms with Gasteiger partial charge in [-0.2, -0.15) is 13.2 Å². The molecule has 1 aromatic heterocycles. The number of nitrogens with zero attached hydrogens (tertiary/aromatic N) is 3. The lowest BCUT2D eigenvalue weighted by Crippen LogP contribution is -2.25. The Bertz CT molecular complexity index is 1730. The minimum absolute atomic E-state index is 0.0452. The molecule has 11 nitrogen and oxygen atoms in total. The van der Waals surface area contributed by atoms with Gasteiger partial charge in [0, 0.05) is 11.3 Å². The van der Waals surface area contributed by atoms with Crippen LogP contribution < -0.4 is 29.6 Å². The van der Waals surface area contributed by atoms with Crippen molar-refractivity contribution in [3.8, 4) is 28.7 Å². The summed E-state index contributed by atoms with van der Waals surface area (Å²) in [5, 5.41) is 14.0. The summed E-state index contributed by atoms with van der Waals surface area (Å²) in [5.74, 6) is 0.794. The van der Waals surface area contributed by atoms with E-state index in [9.17, 15) is 22.8 Å². The highest BCUT2D eigenvalue weighted by atomic mass is 35.5. The predicted molar refractivity (Wildman–Crippen MR) is 179 cm³/mol. The Balaban J connectivity index is 1.57. The van der Waals surface area contributed by atoms with Crippen molar-refractivity contribution in [2.24, 2.45) is 0 Å². The molecule has 0 saturated carbocycles. The summed E-state index contributed by atoms with van der Waals surface area (Å²) in [7, 11) is 0. The lowest BCUT2D eigenvalue weighted by atomic mass is 10.1. The topological polar surface area (TPSA) is 126 Å². The molecule has 16 heteroatoms. The number of alkyl halides is 3. The van der Waals surface area contributed by atoms with Crippen molar-refractivity contribution >= 4 is 40.9 Å². The maximum atomic E-state index is 13.4. The summed E-state index contributed by atoms with van der Waals surface area (Å²) in [6, 6.07) is 12.8. The van der Waals surface area contributed by atoms with Crippen LogP contribution >= 0.6 is 23.4 Å². The zero-order valence-electron chi connectivity index (χ0n) is 27.2. The van der Waals surface area contributed by atoms with E-state index in [2.05, 4.69) is 20.8 Å². The number of ether oxygens (including phenoxy) is 4. The molecule has 2 amide bonds. The number of aromatic nitrogens is 3. The third-order valence-electron chi connectivity index (χ3n) is 6.58. The van der Waals surface area contributed by atoms with E-state index < -0.39 is 23.6 Å². The number of carbonyl (C=O) groups is 2. The first-order chi connectivity index (χ1) is 23.5. The Labute approximate surface area is 290 Å². The third-order valence-corrected chi connectivity index (χ3v) is 7.84. The fourth-order valence-corrected chi connectivity index (χ4v) is 5.46. The van der Waals surface area contributed by atoms with E-state index in [4.69, 9.17) is 30.5 Å². The maximum absolute atomic E-state index is 13.4. The van der Waals surface area contributed by atoms with Crippen molar-refractivity contribution in [2.75, 3.05) is 37.5 Å². The summed E-state index contributed by atoms with van der Waals surface area (Å²) in [4.78, 5) is 26.2. The largest absolute Gasteiger partial charge is 0.494 e. The molecule has 0 unspecified atom stereocenters. The number of halogens is 4. The van der Waals surface area contributed by atoms with Crippen LogP contribution in [0.3, 0.4) is 0 Å². The fourth-order valence-electron chi connectivity index (χ4n) is 4.52. The smallest absolute Gasteiger partial charge is 0.416 e. The van der Waals surface area contributed by atoms with Crippen LogP contribution in [0.4, 0.5) is 18.9 Å². The van der Waals surface area contributed by atoms with Gasteiger partial charge in [0.05, 0.1) is 55.0 Å². The van der Waals surface area contributed by atoms with Crippen molar-refractivity contribution in [1.82, 2.24) is 20.1 Å². The van der Waals surface area contributed by atoms with Gasteiger partial charge in [-0.1, -0.05) is 23.4 Å². The molecule has 4 aromatic rings. The van der Waals surface area contributed by atoms with Gasteiger partial charge >= 0.3 is 6.18 Å². The van der Waals surface area contributed by atoms with Crippen molar-refractivity contribution in [3.63, 3.8) is 0 Å². The molecule has 1 heterocycles. The summed E-state index contributed by atoms with van der Waals surface area (Å²) in [6.07, 6.45) is -4.61. The van der Waals surface area contributed by atoms with E-state index in [0.29, 0.717) is 60.9 Å². The van der Waals surface area contributed by atoms with Crippen LogP contribution in [-0.4, -0.2) is 58.8 Å². The average molecular weight is 722 g/mol. The first-order valence-corrected chi connectivity index (χ1v) is 16.7. The molecule has 0 atom stereocenters. The number of carbonyl (C=O) groups excluding carboxylic acids is 2. The zero-order valence-corrected chi connectivity index (χ0v) is 28.7. The minimum atomic E-state index is -4.61. The van der Waals surface area contributed by atoms with Gasteiger partial charge in [-0.25, -0.2) is 0 Å². The van der Waals surface area contributed by atoms with E-state index in [1.165, 1.54) is 0 Å². The standard InChI is InChI=1S/C33H35ClF3N5O6S/c1-5-45-23-12-10-22(11-13-23)42-28(18-38-31(44)20-15-26(46-6-2)30(48-8-4)27(16-20)47-7-3)40-41-32(42)49-19-29(43)39-25-17-21(33(35,36)37)9-14-24(25)34/h9-17H,5-8,18-19H2,1-4H3,(H,38,44)(H,39,43). The molecule has 0 radical (unpaired) electrons. The van der Waals surface area contributed by atoms with E-state index >= 15 is 0 Å². The molecule has 49 heavy (non-hydrogen) atoms. The lowest BCUT2D eigenvalue weighted by molar-refractivity contribution is -0.137. The Kier molecular flexibility index (Phi) is 13.0. The number of thioether (sulfide) groups is 1. The predicted octanol–water partition coefficient (Wildman–Crippen LogP) is 7.20. The molecule has 0 spiro atoms.